The van der Waals surface area contributed by atoms with E-state index in [9.17, 15) is 4.79 Å². The van der Waals surface area contributed by atoms with E-state index in [2.05, 4.69) is 9.88 Å². The Morgan fingerprint density at radius 1 is 1.39 bits per heavy atom. The molecule has 0 aromatic carbocycles. The van der Waals surface area contributed by atoms with Gasteiger partial charge < -0.3 is 10.6 Å². The Bertz CT molecular complexity index is 458. The van der Waals surface area contributed by atoms with Gasteiger partial charge >= 0.3 is 0 Å². The minimum atomic E-state index is -0.487. The first kappa shape index (κ1) is 12.8. The molecule has 1 aliphatic heterocycles. The molecule has 0 radical (unpaired) electrons. The van der Waals surface area contributed by atoms with Gasteiger partial charge in [-0.15, -0.1) is 0 Å². The zero-order valence-electron chi connectivity index (χ0n) is 11.2. The first-order valence-electron chi connectivity index (χ1n) is 6.13. The van der Waals surface area contributed by atoms with E-state index in [1.54, 1.807) is 11.0 Å². The van der Waals surface area contributed by atoms with Crippen LogP contribution in [-0.4, -0.2) is 46.4 Å². The first-order chi connectivity index (χ1) is 8.41. The summed E-state index contributed by atoms with van der Waals surface area (Å²) in [6.45, 7) is 6.17. The summed E-state index contributed by atoms with van der Waals surface area (Å²) in [5.74, 6) is 0.670. The summed E-state index contributed by atoms with van der Waals surface area (Å²) in [6, 6.07) is 5.60. The van der Waals surface area contributed by atoms with E-state index in [1.807, 2.05) is 33.0 Å². The molecular weight excluding hydrogens is 228 g/mol. The number of nitrogens with two attached hydrogens (primary N) is 1. The molecule has 1 amide bonds. The Balaban J connectivity index is 2.16. The zero-order chi connectivity index (χ0) is 13.3. The Morgan fingerprint density at radius 2 is 2.11 bits per heavy atom. The monoisotopic (exact) mass is 248 g/mol. The molecule has 0 aliphatic carbocycles. The van der Waals surface area contributed by atoms with Crippen molar-refractivity contribution >= 4 is 11.7 Å². The molecule has 2 rings (SSSR count). The molecule has 0 bridgehead atoms. The molecule has 0 saturated carbocycles. The average molecular weight is 248 g/mol. The smallest absolute Gasteiger partial charge is 0.242 e. The summed E-state index contributed by atoms with van der Waals surface area (Å²) in [5.41, 5.74) is 6.09. The number of anilines is 1. The molecule has 18 heavy (non-hydrogen) atoms. The molecule has 0 atom stereocenters. The van der Waals surface area contributed by atoms with E-state index < -0.39 is 5.54 Å². The number of aromatic nitrogens is 1. The molecule has 5 heteroatoms. The standard InChI is InChI=1S/C13H20N4O/c1-13(2)12(18)16(3)7-8-17(13)9-10-5-4-6-11(14)15-10/h4-6H,7-9H2,1-3H3,(H2,14,15). The minimum Gasteiger partial charge on any atom is -0.384 e. The molecule has 0 unspecified atom stereocenters. The van der Waals surface area contributed by atoms with E-state index in [-0.39, 0.29) is 5.91 Å². The van der Waals surface area contributed by atoms with Gasteiger partial charge in [0.2, 0.25) is 5.91 Å². The summed E-state index contributed by atoms with van der Waals surface area (Å²) in [5, 5.41) is 0. The van der Waals surface area contributed by atoms with Crippen LogP contribution >= 0.6 is 0 Å². The minimum absolute atomic E-state index is 0.151. The van der Waals surface area contributed by atoms with Crippen molar-refractivity contribution in [3.8, 4) is 0 Å². The van der Waals surface area contributed by atoms with Crippen molar-refractivity contribution in [2.24, 2.45) is 0 Å². The predicted molar refractivity (Wildman–Crippen MR) is 70.8 cm³/mol. The number of nitrogen functional groups attached to an aromatic ring is 1. The van der Waals surface area contributed by atoms with Crippen LogP contribution in [0.25, 0.3) is 0 Å². The molecular formula is C13H20N4O. The molecule has 5 nitrogen and oxygen atoms in total. The Kier molecular flexibility index (Phi) is 3.26. The molecule has 2 N–H and O–H groups in total. The summed E-state index contributed by atoms with van der Waals surface area (Å²) in [7, 11) is 1.85. The second-order valence-corrected chi connectivity index (χ2v) is 5.26. The number of nitrogens with zero attached hydrogens (tertiary/aromatic N) is 3. The normalized spacial score (nSPS) is 20.2. The zero-order valence-corrected chi connectivity index (χ0v) is 11.2. The summed E-state index contributed by atoms with van der Waals surface area (Å²) >= 11 is 0. The fourth-order valence-electron chi connectivity index (χ4n) is 2.31. The van der Waals surface area contributed by atoms with Gasteiger partial charge in [-0.05, 0) is 26.0 Å². The SMILES string of the molecule is CN1CCN(Cc2cccc(N)n2)C(C)(C)C1=O. The lowest BCUT2D eigenvalue weighted by Gasteiger charge is -2.44. The van der Waals surface area contributed by atoms with Crippen molar-refractivity contribution in [3.63, 3.8) is 0 Å². The number of likely N-dealkylation sites (N-methyl/N-ethyl adjacent to an activating group) is 1. The number of piperazine rings is 1. The van der Waals surface area contributed by atoms with Crippen LogP contribution in [0.2, 0.25) is 0 Å². The van der Waals surface area contributed by atoms with Gasteiger partial charge in [0, 0.05) is 26.7 Å². The van der Waals surface area contributed by atoms with Gasteiger partial charge in [0.05, 0.1) is 11.2 Å². The summed E-state index contributed by atoms with van der Waals surface area (Å²) < 4.78 is 0. The first-order valence-corrected chi connectivity index (χ1v) is 6.13. The van der Waals surface area contributed by atoms with Crippen LogP contribution in [0.15, 0.2) is 18.2 Å². The Morgan fingerprint density at radius 3 is 2.78 bits per heavy atom. The van der Waals surface area contributed by atoms with Crippen molar-refractivity contribution in [1.29, 1.82) is 0 Å². The second-order valence-electron chi connectivity index (χ2n) is 5.26. The van der Waals surface area contributed by atoms with Gasteiger partial charge in [0.25, 0.3) is 0 Å². The van der Waals surface area contributed by atoms with Gasteiger partial charge in [-0.2, -0.15) is 0 Å². The number of hydrogen-bond acceptors (Lipinski definition) is 4. The molecule has 1 fully saturated rings. The van der Waals surface area contributed by atoms with E-state index in [4.69, 9.17) is 5.73 Å². The Hall–Kier alpha value is -1.62. The van der Waals surface area contributed by atoms with Crippen LogP contribution in [0.3, 0.4) is 0 Å². The third-order valence-corrected chi connectivity index (χ3v) is 3.55. The number of carbonyl (C=O) groups is 1. The quantitative estimate of drug-likeness (QED) is 0.837. The highest BCUT2D eigenvalue weighted by molar-refractivity contribution is 5.86. The summed E-state index contributed by atoms with van der Waals surface area (Å²) in [4.78, 5) is 20.4. The largest absolute Gasteiger partial charge is 0.384 e. The second kappa shape index (κ2) is 4.57. The Labute approximate surface area is 108 Å². The molecule has 1 aromatic heterocycles. The maximum atomic E-state index is 12.2. The number of carbonyl (C=O) groups excluding carboxylic acids is 1. The van der Waals surface area contributed by atoms with E-state index in [0.717, 1.165) is 18.8 Å². The van der Waals surface area contributed by atoms with Crippen LogP contribution in [0.5, 0.6) is 0 Å². The van der Waals surface area contributed by atoms with Gasteiger partial charge in [-0.1, -0.05) is 6.07 Å². The maximum Gasteiger partial charge on any atom is 0.242 e. The van der Waals surface area contributed by atoms with E-state index in [0.29, 0.717) is 12.4 Å². The lowest BCUT2D eigenvalue weighted by Crippen LogP contribution is -2.61. The molecule has 98 valence electrons. The number of hydrogen-bond donors (Lipinski definition) is 1. The lowest BCUT2D eigenvalue weighted by atomic mass is 9.97. The third kappa shape index (κ3) is 2.31. The number of pyridine rings is 1. The van der Waals surface area contributed by atoms with E-state index in [1.165, 1.54) is 0 Å². The fraction of sp³-hybridized carbons (Fsp3) is 0.538. The van der Waals surface area contributed by atoms with Gasteiger partial charge in [0.1, 0.15) is 5.82 Å². The number of rotatable bonds is 2. The van der Waals surface area contributed by atoms with Gasteiger partial charge in [-0.3, -0.25) is 9.69 Å². The van der Waals surface area contributed by atoms with Crippen LogP contribution in [0.1, 0.15) is 19.5 Å². The highest BCUT2D eigenvalue weighted by Crippen LogP contribution is 2.23. The number of amides is 1. The average Bonchev–Trinajstić information content (AvgIpc) is 2.31. The third-order valence-electron chi connectivity index (χ3n) is 3.55. The van der Waals surface area contributed by atoms with Crippen molar-refractivity contribution in [1.82, 2.24) is 14.8 Å². The molecule has 1 aromatic rings. The van der Waals surface area contributed by atoms with Crippen LogP contribution < -0.4 is 5.73 Å². The molecule has 1 aliphatic rings. The fourth-order valence-corrected chi connectivity index (χ4v) is 2.31. The van der Waals surface area contributed by atoms with Gasteiger partial charge in [0.15, 0.2) is 0 Å². The topological polar surface area (TPSA) is 62.5 Å². The van der Waals surface area contributed by atoms with Crippen LogP contribution in [-0.2, 0) is 11.3 Å². The van der Waals surface area contributed by atoms with Crippen molar-refractivity contribution in [3.05, 3.63) is 23.9 Å². The van der Waals surface area contributed by atoms with Gasteiger partial charge in [-0.25, -0.2) is 4.98 Å². The van der Waals surface area contributed by atoms with E-state index >= 15 is 0 Å². The van der Waals surface area contributed by atoms with Crippen molar-refractivity contribution < 1.29 is 4.79 Å². The van der Waals surface area contributed by atoms with Crippen LogP contribution in [0, 0.1) is 0 Å². The predicted octanol–water partition coefficient (Wildman–Crippen LogP) is 0.716. The molecule has 1 saturated heterocycles. The lowest BCUT2D eigenvalue weighted by molar-refractivity contribution is -0.147. The highest BCUT2D eigenvalue weighted by atomic mass is 16.2. The molecule has 2 heterocycles. The maximum absolute atomic E-state index is 12.2. The van der Waals surface area contributed by atoms with Crippen molar-refractivity contribution in [2.75, 3.05) is 25.9 Å². The highest BCUT2D eigenvalue weighted by Gasteiger charge is 2.40. The molecule has 0 spiro atoms. The van der Waals surface area contributed by atoms with Crippen molar-refractivity contribution in [2.45, 2.75) is 25.9 Å². The summed E-state index contributed by atoms with van der Waals surface area (Å²) in [6.07, 6.45) is 0. The van der Waals surface area contributed by atoms with Crippen LogP contribution in [0.4, 0.5) is 5.82 Å².